The molecule has 1 aliphatic carbocycles. The lowest BCUT2D eigenvalue weighted by Gasteiger charge is -2.19. The molecule has 0 bridgehead atoms. The zero-order chi connectivity index (χ0) is 19.7. The Hall–Kier alpha value is -2.82. The second kappa shape index (κ2) is 7.30. The molecule has 2 aliphatic rings. The zero-order valence-corrected chi connectivity index (χ0v) is 15.6. The van der Waals surface area contributed by atoms with Crippen LogP contribution in [0.15, 0.2) is 24.5 Å². The molecule has 146 valence electrons. The number of alkyl halides is 2. The Morgan fingerprint density at radius 2 is 2.14 bits per heavy atom. The first-order valence-corrected chi connectivity index (χ1v) is 9.43. The summed E-state index contributed by atoms with van der Waals surface area (Å²) in [5.41, 5.74) is 0.295. The molecule has 3 heterocycles. The van der Waals surface area contributed by atoms with E-state index in [0.29, 0.717) is 36.3 Å². The maximum atomic E-state index is 13.6. The molecule has 2 aromatic rings. The van der Waals surface area contributed by atoms with Crippen molar-refractivity contribution in [2.75, 3.05) is 24.6 Å². The van der Waals surface area contributed by atoms with E-state index in [4.69, 9.17) is 4.74 Å². The molecule has 0 radical (unpaired) electrons. The first-order valence-electron chi connectivity index (χ1n) is 9.43. The lowest BCUT2D eigenvalue weighted by atomic mass is 10.1. The molecule has 1 aliphatic heterocycles. The summed E-state index contributed by atoms with van der Waals surface area (Å²) in [6.45, 7) is 2.68. The number of nitriles is 1. The summed E-state index contributed by atoms with van der Waals surface area (Å²) < 4.78 is 33.0. The highest BCUT2D eigenvalue weighted by atomic mass is 19.3. The quantitative estimate of drug-likeness (QED) is 0.756. The monoisotopic (exact) mass is 385 g/mol. The molecule has 8 heteroatoms. The maximum absolute atomic E-state index is 13.6. The minimum Gasteiger partial charge on any atom is -0.476 e. The average molecular weight is 385 g/mol. The van der Waals surface area contributed by atoms with Crippen molar-refractivity contribution in [1.82, 2.24) is 15.0 Å². The van der Waals surface area contributed by atoms with Crippen LogP contribution in [0.25, 0.3) is 0 Å². The third kappa shape index (κ3) is 4.03. The van der Waals surface area contributed by atoms with Gasteiger partial charge in [0.25, 0.3) is 5.92 Å². The smallest absolute Gasteiger partial charge is 0.270 e. The van der Waals surface area contributed by atoms with Crippen molar-refractivity contribution in [3.63, 3.8) is 0 Å². The number of ether oxygens (including phenoxy) is 1. The lowest BCUT2D eigenvalue weighted by molar-refractivity contribution is 0.0174. The predicted octanol–water partition coefficient (Wildman–Crippen LogP) is 3.64. The van der Waals surface area contributed by atoms with E-state index in [1.165, 1.54) is 24.5 Å². The molecule has 2 fully saturated rings. The van der Waals surface area contributed by atoms with E-state index >= 15 is 0 Å². The number of hydrogen-bond donors (Lipinski definition) is 0. The zero-order valence-electron chi connectivity index (χ0n) is 15.6. The fraction of sp³-hybridized carbons (Fsp3) is 0.500. The lowest BCUT2D eigenvalue weighted by Crippen LogP contribution is -2.23. The van der Waals surface area contributed by atoms with Gasteiger partial charge in [-0.3, -0.25) is 0 Å². The normalized spacial score (nSPS) is 19.5. The van der Waals surface area contributed by atoms with Gasteiger partial charge in [0, 0.05) is 43.6 Å². The van der Waals surface area contributed by atoms with Crippen molar-refractivity contribution in [3.8, 4) is 11.9 Å². The van der Waals surface area contributed by atoms with E-state index in [-0.39, 0.29) is 11.5 Å². The van der Waals surface area contributed by atoms with E-state index in [2.05, 4.69) is 21.0 Å². The molecule has 1 saturated carbocycles. The fourth-order valence-corrected chi connectivity index (χ4v) is 3.34. The van der Waals surface area contributed by atoms with Crippen LogP contribution in [0.3, 0.4) is 0 Å². The second-order valence-electron chi connectivity index (χ2n) is 7.54. The van der Waals surface area contributed by atoms with Crippen LogP contribution in [0.4, 0.5) is 14.6 Å². The summed E-state index contributed by atoms with van der Waals surface area (Å²) in [5, 5.41) is 9.25. The molecular formula is C20H21F2N5O. The topological polar surface area (TPSA) is 74.9 Å². The molecule has 0 N–H and O–H groups in total. The van der Waals surface area contributed by atoms with Gasteiger partial charge in [-0.1, -0.05) is 0 Å². The van der Waals surface area contributed by atoms with Gasteiger partial charge in [-0.2, -0.15) is 10.2 Å². The number of hydrogen-bond acceptors (Lipinski definition) is 6. The first kappa shape index (κ1) is 18.5. The number of pyridine rings is 1. The number of nitrogens with zero attached hydrogens (tertiary/aromatic N) is 5. The van der Waals surface area contributed by atoms with E-state index in [0.717, 1.165) is 38.6 Å². The highest BCUT2D eigenvalue weighted by Gasteiger charge is 2.30. The summed E-state index contributed by atoms with van der Waals surface area (Å²) in [6.07, 6.45) is 5.96. The Labute approximate surface area is 162 Å². The highest BCUT2D eigenvalue weighted by molar-refractivity contribution is 5.43. The average Bonchev–Trinajstić information content (AvgIpc) is 3.43. The Balaban J connectivity index is 1.39. The molecule has 1 saturated heterocycles. The second-order valence-corrected chi connectivity index (χ2v) is 7.54. The van der Waals surface area contributed by atoms with E-state index in [1.807, 2.05) is 4.90 Å². The van der Waals surface area contributed by atoms with Gasteiger partial charge >= 0.3 is 0 Å². The Kier molecular flexibility index (Phi) is 4.84. The Morgan fingerprint density at radius 3 is 2.86 bits per heavy atom. The van der Waals surface area contributed by atoms with Gasteiger partial charge in [0.15, 0.2) is 0 Å². The largest absolute Gasteiger partial charge is 0.476 e. The van der Waals surface area contributed by atoms with Crippen LogP contribution in [-0.4, -0.2) is 34.6 Å². The fourth-order valence-electron chi connectivity index (χ4n) is 3.34. The van der Waals surface area contributed by atoms with Crippen molar-refractivity contribution in [1.29, 1.82) is 5.26 Å². The molecule has 1 atom stereocenters. The molecule has 4 rings (SSSR count). The standard InChI is InChI=1S/C20H21F2N5O/c1-20(21,22)16-4-6-24-17(8-16)27-7-5-13(11-27)12-28-19-15(9-23)10-25-18(26-19)14-2-3-14/h4,6,8,10,13-14H,2-3,5,7,11-12H2,1H3. The van der Waals surface area contributed by atoms with Gasteiger partial charge in [0.2, 0.25) is 5.88 Å². The molecular weight excluding hydrogens is 364 g/mol. The first-order chi connectivity index (χ1) is 13.4. The van der Waals surface area contributed by atoms with Crippen LogP contribution in [0.2, 0.25) is 0 Å². The van der Waals surface area contributed by atoms with E-state index in [1.54, 1.807) is 0 Å². The Bertz CT molecular complexity index is 904. The summed E-state index contributed by atoms with van der Waals surface area (Å²) in [6, 6.07) is 4.86. The summed E-state index contributed by atoms with van der Waals surface area (Å²) in [4.78, 5) is 14.9. The molecule has 0 spiro atoms. The van der Waals surface area contributed by atoms with Crippen LogP contribution in [0.5, 0.6) is 5.88 Å². The van der Waals surface area contributed by atoms with Gasteiger partial charge in [-0.25, -0.2) is 18.7 Å². The predicted molar refractivity (Wildman–Crippen MR) is 98.3 cm³/mol. The van der Waals surface area contributed by atoms with Crippen LogP contribution in [0, 0.1) is 17.2 Å². The van der Waals surface area contributed by atoms with Crippen molar-refractivity contribution in [2.24, 2.45) is 5.92 Å². The number of aromatic nitrogens is 3. The molecule has 1 unspecified atom stereocenters. The molecule has 2 aromatic heterocycles. The summed E-state index contributed by atoms with van der Waals surface area (Å²) in [7, 11) is 0. The van der Waals surface area contributed by atoms with E-state index in [9.17, 15) is 14.0 Å². The van der Waals surface area contributed by atoms with Crippen molar-refractivity contribution in [3.05, 3.63) is 41.5 Å². The number of anilines is 1. The van der Waals surface area contributed by atoms with Gasteiger partial charge in [-0.05, 0) is 31.4 Å². The van der Waals surface area contributed by atoms with Crippen LogP contribution in [-0.2, 0) is 5.92 Å². The van der Waals surface area contributed by atoms with Gasteiger partial charge in [-0.15, -0.1) is 0 Å². The van der Waals surface area contributed by atoms with E-state index < -0.39 is 5.92 Å². The SMILES string of the molecule is CC(F)(F)c1ccnc(N2CCC(COc3nc(C4CC4)ncc3C#N)C2)c1. The van der Waals surface area contributed by atoms with Crippen LogP contribution in [0.1, 0.15) is 49.1 Å². The van der Waals surface area contributed by atoms with Crippen molar-refractivity contribution < 1.29 is 13.5 Å². The number of halogens is 2. The summed E-state index contributed by atoms with van der Waals surface area (Å²) >= 11 is 0. The minimum absolute atomic E-state index is 0.0375. The molecule has 0 aromatic carbocycles. The molecule has 28 heavy (non-hydrogen) atoms. The van der Waals surface area contributed by atoms with Crippen molar-refractivity contribution >= 4 is 5.82 Å². The third-order valence-corrected chi connectivity index (χ3v) is 5.15. The Morgan fingerprint density at radius 1 is 1.32 bits per heavy atom. The van der Waals surface area contributed by atoms with Gasteiger partial charge in [0.1, 0.15) is 23.3 Å². The minimum atomic E-state index is -2.89. The van der Waals surface area contributed by atoms with Gasteiger partial charge < -0.3 is 9.64 Å². The third-order valence-electron chi connectivity index (χ3n) is 5.15. The van der Waals surface area contributed by atoms with Gasteiger partial charge in [0.05, 0.1) is 12.8 Å². The number of rotatable bonds is 6. The maximum Gasteiger partial charge on any atom is 0.270 e. The van der Waals surface area contributed by atoms with Crippen molar-refractivity contribution in [2.45, 2.75) is 38.0 Å². The van der Waals surface area contributed by atoms with Crippen LogP contribution < -0.4 is 9.64 Å². The summed E-state index contributed by atoms with van der Waals surface area (Å²) in [5.74, 6) is -0.671. The molecule has 0 amide bonds. The highest BCUT2D eigenvalue weighted by Crippen LogP contribution is 2.38. The van der Waals surface area contributed by atoms with Crippen LogP contribution >= 0.6 is 0 Å². The molecule has 6 nitrogen and oxygen atoms in total.